The van der Waals surface area contributed by atoms with Gasteiger partial charge in [-0.15, -0.1) is 9.13 Å². The Morgan fingerprint density at radius 1 is 0.524 bits per heavy atom. The molecule has 314 valence electrons. The van der Waals surface area contributed by atoms with E-state index < -0.39 is 17.3 Å². The molecule has 2 aromatic heterocycles. The van der Waals surface area contributed by atoms with Crippen LogP contribution in [0.3, 0.4) is 0 Å². The van der Waals surface area contributed by atoms with Crippen molar-refractivity contribution in [3.63, 3.8) is 0 Å². The third kappa shape index (κ3) is 5.72. The zero-order chi connectivity index (χ0) is 50.3. The molecule has 0 bridgehead atoms. The molecule has 63 heavy (non-hydrogen) atoms. The van der Waals surface area contributed by atoms with E-state index in [2.05, 4.69) is 150 Å². The maximum Gasteiger partial charge on any atom is 0.499 e. The van der Waals surface area contributed by atoms with Crippen molar-refractivity contribution in [2.24, 2.45) is 0 Å². The van der Waals surface area contributed by atoms with Crippen LogP contribution in [-0.2, 0) is 27.5 Å². The van der Waals surface area contributed by atoms with Crippen molar-refractivity contribution in [2.45, 2.75) is 111 Å². The Balaban J connectivity index is 1.32. The van der Waals surface area contributed by atoms with Gasteiger partial charge in [0.1, 0.15) is 23.9 Å². The van der Waals surface area contributed by atoms with Gasteiger partial charge in [0.15, 0.2) is 17.2 Å². The van der Waals surface area contributed by atoms with Crippen LogP contribution in [0, 0.1) is 0 Å². The van der Waals surface area contributed by atoms with E-state index in [4.69, 9.17) is 7.48 Å². The largest absolute Gasteiger partial charge is 0.499 e. The van der Waals surface area contributed by atoms with Crippen molar-refractivity contribution in [2.75, 3.05) is 0 Å². The fraction of sp³-hybridized carbons (Fsp3) is 0.288. The van der Waals surface area contributed by atoms with Gasteiger partial charge in [0, 0.05) is 28.8 Å². The SMILES string of the molecule is [2H]c1c([2H])c(C(C)(C)C)c([2H])c([2H])c1-c1c([2H])c([2H])[n+]2c(c1[2H])-c1cc(C(C)(C)C)cc3c1C21Oc2ccccc2-c2n(-c4ccc(C(C)(C)C)cc4-c4ccc(C(C)(C)C)cc4)c4cccc-3c4[n+]21. The van der Waals surface area contributed by atoms with Crippen molar-refractivity contribution in [1.82, 2.24) is 4.57 Å². The summed E-state index contributed by atoms with van der Waals surface area (Å²) in [6.45, 7) is 25.4. The van der Waals surface area contributed by atoms with Gasteiger partial charge in [-0.2, -0.15) is 4.57 Å². The Bertz CT molecular complexity index is 3610. The van der Waals surface area contributed by atoms with Crippen LogP contribution in [0.5, 0.6) is 5.75 Å². The second-order valence-corrected chi connectivity index (χ2v) is 21.8. The first-order valence-electron chi connectivity index (χ1n) is 25.7. The molecule has 5 heterocycles. The lowest BCUT2D eigenvalue weighted by Gasteiger charge is -2.33. The summed E-state index contributed by atoms with van der Waals surface area (Å²) in [4.78, 5) is 0. The van der Waals surface area contributed by atoms with E-state index in [0.717, 1.165) is 61.5 Å². The minimum Gasteiger partial charge on any atom is -0.392 e. The Kier molecular flexibility index (Phi) is 6.64. The molecule has 0 radical (unpaired) electrons. The predicted molar refractivity (Wildman–Crippen MR) is 259 cm³/mol. The number of fused-ring (bicyclic) bond motifs is 5. The summed E-state index contributed by atoms with van der Waals surface area (Å²) in [5.74, 6) is -0.297. The second-order valence-electron chi connectivity index (χ2n) is 21.8. The molecule has 3 aliphatic heterocycles. The molecule has 0 amide bonds. The second kappa shape index (κ2) is 12.9. The molecule has 0 aliphatic carbocycles. The van der Waals surface area contributed by atoms with E-state index in [-0.39, 0.29) is 69.3 Å². The van der Waals surface area contributed by atoms with Gasteiger partial charge in [0.25, 0.3) is 0 Å². The van der Waals surface area contributed by atoms with E-state index in [1.165, 1.54) is 11.1 Å². The molecule has 11 rings (SSSR count). The molecule has 0 saturated heterocycles. The minimum atomic E-state index is -1.66. The third-order valence-electron chi connectivity index (χ3n) is 13.3. The molecule has 8 aromatic rings. The Hall–Kier alpha value is -6.26. The van der Waals surface area contributed by atoms with Crippen LogP contribution in [0.1, 0.15) is 120 Å². The first kappa shape index (κ1) is 32.4. The molecule has 0 saturated carbocycles. The number of nitrogens with zero attached hydrogens (tertiary/aromatic N) is 3. The predicted octanol–water partition coefficient (Wildman–Crippen LogP) is 14.0. The van der Waals surface area contributed by atoms with Crippen LogP contribution < -0.4 is 13.9 Å². The number of aromatic nitrogens is 3. The highest BCUT2D eigenvalue weighted by atomic mass is 16.5. The van der Waals surface area contributed by atoms with Gasteiger partial charge in [-0.25, -0.2) is 0 Å². The molecule has 4 heteroatoms. The fourth-order valence-electron chi connectivity index (χ4n) is 9.75. The molecule has 0 fully saturated rings. The normalized spacial score (nSPS) is 17.7. The van der Waals surface area contributed by atoms with Gasteiger partial charge in [-0.1, -0.05) is 156 Å². The molecule has 1 spiro atoms. The summed E-state index contributed by atoms with van der Waals surface area (Å²) in [5, 5.41) is 0. The fourth-order valence-corrected chi connectivity index (χ4v) is 9.75. The molecule has 3 aliphatic rings. The Labute approximate surface area is 383 Å². The number of para-hydroxylation sites is 2. The number of pyridine rings is 1. The van der Waals surface area contributed by atoms with Gasteiger partial charge in [-0.05, 0) is 109 Å². The maximum atomic E-state index is 10.3. The molecular formula is C59H59N3O+2. The van der Waals surface area contributed by atoms with E-state index in [1.807, 2.05) is 39.0 Å². The molecule has 1 unspecified atom stereocenters. The van der Waals surface area contributed by atoms with Crippen LogP contribution in [0.2, 0.25) is 0 Å². The van der Waals surface area contributed by atoms with E-state index in [1.54, 1.807) is 4.57 Å². The first-order valence-corrected chi connectivity index (χ1v) is 22.2. The molecule has 4 nitrogen and oxygen atoms in total. The summed E-state index contributed by atoms with van der Waals surface area (Å²) < 4.78 is 81.3. The summed E-state index contributed by atoms with van der Waals surface area (Å²) in [5.41, 5.74) is 11.3. The van der Waals surface area contributed by atoms with Gasteiger partial charge >= 0.3 is 11.7 Å². The zero-order valence-electron chi connectivity index (χ0n) is 45.5. The topological polar surface area (TPSA) is 21.9 Å². The van der Waals surface area contributed by atoms with Gasteiger partial charge in [0.05, 0.1) is 13.8 Å². The number of rotatable bonds is 3. The standard InChI is InChI=1S/C59H59N3O/c1-55(2,3)39-24-20-36(21-25-39)38-30-31-60-50(32-38)47-35-42(58(10,11)12)34-46-43-17-15-18-49-53(43)62-54(44-16-13-14-19-51(44)63-59(60,62)52(46)47)61(49)48-29-28-41(57(7,8)9)33-45(48)37-22-26-40(27-23-37)56(4,5)6/h13-35H,1-12H3/q+2/i20D,21D,24D,25D,30D,31D,32D. The monoisotopic (exact) mass is 833 g/mol. The summed E-state index contributed by atoms with van der Waals surface area (Å²) in [6, 6.07) is 32.6. The Morgan fingerprint density at radius 3 is 1.83 bits per heavy atom. The highest BCUT2D eigenvalue weighted by molar-refractivity contribution is 5.98. The highest BCUT2D eigenvalue weighted by Crippen LogP contribution is 2.54. The smallest absolute Gasteiger partial charge is 0.392 e. The molecular weight excluding hydrogens is 767 g/mol. The maximum absolute atomic E-state index is 10.3. The van der Waals surface area contributed by atoms with Gasteiger partial charge in [-0.3, -0.25) is 0 Å². The first-order chi connectivity index (χ1) is 32.7. The average Bonchev–Trinajstić information content (AvgIpc) is 3.79. The summed E-state index contributed by atoms with van der Waals surface area (Å²) in [6.07, 6.45) is -0.288. The Morgan fingerprint density at radius 2 is 1.14 bits per heavy atom. The van der Waals surface area contributed by atoms with Crippen molar-refractivity contribution >= 4 is 11.0 Å². The van der Waals surface area contributed by atoms with Gasteiger partial charge < -0.3 is 4.74 Å². The van der Waals surface area contributed by atoms with E-state index >= 15 is 0 Å². The number of imidazole rings is 1. The average molecular weight is 833 g/mol. The lowest BCUT2D eigenvalue weighted by molar-refractivity contribution is -0.997. The summed E-state index contributed by atoms with van der Waals surface area (Å²) >= 11 is 0. The van der Waals surface area contributed by atoms with E-state index in [9.17, 15) is 6.85 Å². The van der Waals surface area contributed by atoms with E-state index in [0.29, 0.717) is 17.0 Å². The summed E-state index contributed by atoms with van der Waals surface area (Å²) in [7, 11) is 0. The zero-order valence-corrected chi connectivity index (χ0v) is 38.5. The van der Waals surface area contributed by atoms with Gasteiger partial charge in [0.2, 0.25) is 5.69 Å². The van der Waals surface area contributed by atoms with Crippen molar-refractivity contribution in [3.8, 4) is 67.5 Å². The highest BCUT2D eigenvalue weighted by Gasteiger charge is 2.68. The number of hydrogen-bond acceptors (Lipinski definition) is 1. The van der Waals surface area contributed by atoms with Crippen LogP contribution in [-0.4, -0.2) is 4.57 Å². The van der Waals surface area contributed by atoms with Crippen molar-refractivity contribution in [3.05, 3.63) is 167 Å². The lowest BCUT2D eigenvalue weighted by Crippen LogP contribution is -2.78. The number of hydrogen-bond donors (Lipinski definition) is 0. The molecule has 1 atom stereocenters. The minimum absolute atomic E-state index is 0.0328. The van der Waals surface area contributed by atoms with Crippen molar-refractivity contribution < 1.29 is 23.5 Å². The number of benzene rings is 6. The van der Waals surface area contributed by atoms with Crippen molar-refractivity contribution in [1.29, 1.82) is 0 Å². The number of ether oxygens (including phenoxy) is 1. The molecule has 6 aromatic carbocycles. The van der Waals surface area contributed by atoms with Crippen LogP contribution in [0.25, 0.3) is 72.7 Å². The lowest BCUT2D eigenvalue weighted by atomic mass is 9.80. The molecule has 0 N–H and O–H groups in total. The van der Waals surface area contributed by atoms with Crippen LogP contribution >= 0.6 is 0 Å². The van der Waals surface area contributed by atoms with Crippen LogP contribution in [0.4, 0.5) is 0 Å². The third-order valence-corrected chi connectivity index (χ3v) is 13.3. The van der Waals surface area contributed by atoms with Crippen LogP contribution in [0.15, 0.2) is 139 Å². The quantitative estimate of drug-likeness (QED) is 0.163.